The van der Waals surface area contributed by atoms with Gasteiger partial charge in [-0.05, 0) is 84.9 Å². The maximum Gasteiger partial charge on any atom is 0.199 e. The number of aromatic nitrogens is 1. The van der Waals surface area contributed by atoms with Gasteiger partial charge in [0.25, 0.3) is 0 Å². The van der Waals surface area contributed by atoms with Crippen LogP contribution in [-0.2, 0) is 0 Å². The smallest absolute Gasteiger partial charge is 0.199 e. The summed E-state index contributed by atoms with van der Waals surface area (Å²) in [4.78, 5) is 49.7. The predicted molar refractivity (Wildman–Crippen MR) is 225 cm³/mol. The number of ketones is 3. The van der Waals surface area contributed by atoms with Crippen molar-refractivity contribution < 1.29 is 28.6 Å². The van der Waals surface area contributed by atoms with Gasteiger partial charge in [-0.25, -0.2) is 0 Å². The molecule has 0 aliphatic rings. The fourth-order valence-corrected chi connectivity index (χ4v) is 7.12. The number of hydrogen-bond acceptors (Lipinski definition) is 6. The molecule has 0 saturated carbocycles. The third-order valence-corrected chi connectivity index (χ3v) is 9.81. The topological polar surface area (TPSA) is 94.7 Å². The minimum Gasteiger partial charge on any atom is -0.457 e. The fraction of sp³-hybridized carbons (Fsp3) is 0. The molecule has 8 aromatic carbocycles. The zero-order chi connectivity index (χ0) is 39.4. The number of ether oxygens (including phenoxy) is 3. The van der Waals surface area contributed by atoms with Crippen LogP contribution in [0.25, 0.3) is 21.8 Å². The minimum absolute atomic E-state index is 0.0159. The molecule has 9 aromatic rings. The molecule has 58 heavy (non-hydrogen) atoms. The Morgan fingerprint density at radius 3 is 1.21 bits per heavy atom. The molecule has 0 radical (unpaired) electrons. The van der Waals surface area contributed by atoms with Gasteiger partial charge in [-0.2, -0.15) is 0 Å². The van der Waals surface area contributed by atoms with Crippen molar-refractivity contribution in [3.8, 4) is 34.5 Å². The molecule has 0 atom stereocenters. The lowest BCUT2D eigenvalue weighted by molar-refractivity contribution is 0.0989. The number of aromatic amines is 1. The summed E-state index contributed by atoms with van der Waals surface area (Å²) in [6.07, 6.45) is 0. The van der Waals surface area contributed by atoms with Crippen LogP contribution in [0.5, 0.6) is 34.5 Å². The number of carbonyl (C=O) groups is 3. The highest BCUT2D eigenvalue weighted by molar-refractivity contribution is 6.32. The summed E-state index contributed by atoms with van der Waals surface area (Å²) in [6, 6.07) is 57.3. The molecular weight excluding hydrogens is 723 g/mol. The highest BCUT2D eigenvalue weighted by atomic mass is 16.5. The van der Waals surface area contributed by atoms with E-state index in [1.165, 1.54) is 0 Å². The summed E-state index contributed by atoms with van der Waals surface area (Å²) in [5.41, 5.74) is 1.63. The molecule has 1 aromatic heterocycles. The summed E-state index contributed by atoms with van der Waals surface area (Å²) >= 11 is 0. The lowest BCUT2D eigenvalue weighted by Gasteiger charge is -2.18. The maximum atomic E-state index is 15.5. The van der Waals surface area contributed by atoms with E-state index >= 15 is 14.4 Å². The number of fused-ring (bicyclic) bond motifs is 3. The van der Waals surface area contributed by atoms with Gasteiger partial charge in [0, 0.05) is 27.4 Å². The largest absolute Gasteiger partial charge is 0.457 e. The second-order valence-corrected chi connectivity index (χ2v) is 13.5. The molecule has 1 heterocycles. The van der Waals surface area contributed by atoms with Crippen LogP contribution in [-0.4, -0.2) is 22.3 Å². The Labute approximate surface area is 333 Å². The molecule has 0 fully saturated rings. The standard InChI is InChI=1S/C51H33NO6/c53-49(37-25-11-15-29-43(37)56-33-18-4-1-5-19-33)41-32-40-36-24-10-14-28-42(36)52-48(40)47(51(55)39-27-13-17-31-45(39)58-35-22-8-3-9-23-35)46(41)50(54)38-26-12-16-30-44(38)57-34-20-6-2-7-21-34/h1-32,52H. The third-order valence-electron chi connectivity index (χ3n) is 9.81. The molecule has 7 nitrogen and oxygen atoms in total. The Morgan fingerprint density at radius 2 is 0.724 bits per heavy atom. The van der Waals surface area contributed by atoms with E-state index in [9.17, 15) is 0 Å². The Kier molecular flexibility index (Phi) is 9.60. The van der Waals surface area contributed by atoms with Crippen molar-refractivity contribution >= 4 is 39.2 Å². The van der Waals surface area contributed by atoms with Gasteiger partial charge in [-0.1, -0.05) is 109 Å². The Hall–Kier alpha value is -8.03. The van der Waals surface area contributed by atoms with Crippen molar-refractivity contribution in [3.63, 3.8) is 0 Å². The number of benzene rings is 8. The van der Waals surface area contributed by atoms with Gasteiger partial charge in [0.1, 0.15) is 34.5 Å². The van der Waals surface area contributed by atoms with Crippen LogP contribution in [0.15, 0.2) is 194 Å². The molecule has 9 rings (SSSR count). The third kappa shape index (κ3) is 6.89. The number of hydrogen-bond donors (Lipinski definition) is 1. The van der Waals surface area contributed by atoms with E-state index < -0.39 is 17.3 Å². The molecule has 0 aliphatic heterocycles. The van der Waals surface area contributed by atoms with Crippen molar-refractivity contribution in [2.24, 2.45) is 0 Å². The van der Waals surface area contributed by atoms with Crippen molar-refractivity contribution in [2.45, 2.75) is 0 Å². The molecular formula is C51H33NO6. The average Bonchev–Trinajstić information content (AvgIpc) is 3.65. The van der Waals surface area contributed by atoms with Crippen molar-refractivity contribution in [3.05, 3.63) is 228 Å². The van der Waals surface area contributed by atoms with Crippen LogP contribution < -0.4 is 14.2 Å². The van der Waals surface area contributed by atoms with Gasteiger partial charge in [0.05, 0.1) is 27.8 Å². The minimum atomic E-state index is -0.582. The van der Waals surface area contributed by atoms with Gasteiger partial charge in [0.2, 0.25) is 0 Å². The first-order valence-electron chi connectivity index (χ1n) is 18.7. The highest BCUT2D eigenvalue weighted by Gasteiger charge is 2.33. The first-order valence-corrected chi connectivity index (χ1v) is 18.7. The van der Waals surface area contributed by atoms with Crippen LogP contribution in [0.2, 0.25) is 0 Å². The summed E-state index contributed by atoms with van der Waals surface area (Å²) < 4.78 is 18.9. The normalized spacial score (nSPS) is 11.0. The number of carbonyl (C=O) groups excluding carboxylic acids is 3. The molecule has 1 N–H and O–H groups in total. The maximum absolute atomic E-state index is 15.5. The first-order chi connectivity index (χ1) is 28.5. The number of rotatable bonds is 12. The van der Waals surface area contributed by atoms with E-state index in [1.807, 2.05) is 78.9 Å². The molecule has 0 bridgehead atoms. The van der Waals surface area contributed by atoms with Crippen LogP contribution in [0, 0.1) is 0 Å². The lowest BCUT2D eigenvalue weighted by atomic mass is 9.84. The van der Waals surface area contributed by atoms with Gasteiger partial charge >= 0.3 is 0 Å². The number of H-pyrrole nitrogens is 1. The second-order valence-electron chi connectivity index (χ2n) is 13.5. The first kappa shape index (κ1) is 35.7. The van der Waals surface area contributed by atoms with Crippen molar-refractivity contribution in [2.75, 3.05) is 0 Å². The Balaban J connectivity index is 1.32. The molecule has 0 unspecified atom stereocenters. The zero-order valence-electron chi connectivity index (χ0n) is 30.9. The SMILES string of the molecule is O=C(c1ccccc1Oc1ccccc1)c1cc2c([nH]c3ccccc32)c(C(=O)c2ccccc2Oc2ccccc2)c1C(=O)c1ccccc1Oc1ccccc1. The Morgan fingerprint density at radius 1 is 0.345 bits per heavy atom. The van der Waals surface area contributed by atoms with Crippen LogP contribution in [0.3, 0.4) is 0 Å². The zero-order valence-corrected chi connectivity index (χ0v) is 30.9. The van der Waals surface area contributed by atoms with Gasteiger partial charge < -0.3 is 19.2 Å². The molecule has 0 amide bonds. The second kappa shape index (κ2) is 15.6. The molecule has 0 aliphatic carbocycles. The van der Waals surface area contributed by atoms with E-state index in [2.05, 4.69) is 4.98 Å². The van der Waals surface area contributed by atoms with E-state index in [0.29, 0.717) is 33.9 Å². The summed E-state index contributed by atoms with van der Waals surface area (Å²) in [6.45, 7) is 0. The Bertz CT molecular complexity index is 2970. The van der Waals surface area contributed by atoms with Crippen LogP contribution in [0.1, 0.15) is 47.8 Å². The summed E-state index contributed by atoms with van der Waals surface area (Å²) in [5, 5.41) is 1.37. The van der Waals surface area contributed by atoms with Crippen molar-refractivity contribution in [1.29, 1.82) is 0 Å². The molecule has 278 valence electrons. The quantitative estimate of drug-likeness (QED) is 0.125. The van der Waals surface area contributed by atoms with E-state index in [-0.39, 0.29) is 44.9 Å². The van der Waals surface area contributed by atoms with Gasteiger partial charge in [-0.3, -0.25) is 14.4 Å². The average molecular weight is 756 g/mol. The lowest BCUT2D eigenvalue weighted by Crippen LogP contribution is -2.19. The van der Waals surface area contributed by atoms with E-state index in [1.54, 1.807) is 115 Å². The fourth-order valence-electron chi connectivity index (χ4n) is 7.12. The summed E-state index contributed by atoms with van der Waals surface area (Å²) in [5.74, 6) is 0.799. The van der Waals surface area contributed by atoms with Crippen LogP contribution >= 0.6 is 0 Å². The molecule has 0 spiro atoms. The number of para-hydroxylation sites is 7. The van der Waals surface area contributed by atoms with Gasteiger partial charge in [0.15, 0.2) is 17.3 Å². The van der Waals surface area contributed by atoms with Gasteiger partial charge in [-0.15, -0.1) is 0 Å². The molecule has 0 saturated heterocycles. The monoisotopic (exact) mass is 755 g/mol. The van der Waals surface area contributed by atoms with E-state index in [4.69, 9.17) is 14.2 Å². The van der Waals surface area contributed by atoms with Crippen LogP contribution in [0.4, 0.5) is 0 Å². The summed E-state index contributed by atoms with van der Waals surface area (Å²) in [7, 11) is 0. The predicted octanol–water partition coefficient (Wildman–Crippen LogP) is 12.4. The van der Waals surface area contributed by atoms with Crippen molar-refractivity contribution in [1.82, 2.24) is 4.98 Å². The molecule has 7 heteroatoms. The number of nitrogens with one attached hydrogen (secondary N) is 1. The highest BCUT2D eigenvalue weighted by Crippen LogP contribution is 2.40. The van der Waals surface area contributed by atoms with E-state index in [0.717, 1.165) is 10.9 Å².